The maximum Gasteiger partial charge on any atom is 0.472 e. The third-order valence-corrected chi connectivity index (χ3v) is 19.4. The molecule has 558 valence electrons. The average Bonchev–Trinajstić information content (AvgIpc) is 1.13. The summed E-state index contributed by atoms with van der Waals surface area (Å²) < 4.78 is 68.4. The van der Waals surface area contributed by atoms with E-state index in [1.54, 1.807) is 0 Å². The first kappa shape index (κ1) is 92.1. The van der Waals surface area contributed by atoms with Crippen molar-refractivity contribution >= 4 is 39.5 Å². The number of unbranched alkanes of at least 4 members (excludes halogenated alkanes) is 44. The van der Waals surface area contributed by atoms with Crippen LogP contribution < -0.4 is 0 Å². The van der Waals surface area contributed by atoms with Crippen molar-refractivity contribution < 1.29 is 80.2 Å². The minimum absolute atomic E-state index is 0.106. The second-order valence-electron chi connectivity index (χ2n) is 28.0. The van der Waals surface area contributed by atoms with Gasteiger partial charge in [0, 0.05) is 25.7 Å². The molecule has 0 aromatic rings. The van der Waals surface area contributed by atoms with Crippen LogP contribution in [0.4, 0.5) is 0 Å². The Balaban J connectivity index is 5.20. The van der Waals surface area contributed by atoms with Crippen LogP contribution in [0.1, 0.15) is 388 Å². The third kappa shape index (κ3) is 68.6. The molecule has 94 heavy (non-hydrogen) atoms. The van der Waals surface area contributed by atoms with Crippen molar-refractivity contribution in [2.75, 3.05) is 39.6 Å². The highest BCUT2D eigenvalue weighted by Crippen LogP contribution is 2.45. The second-order valence-corrected chi connectivity index (χ2v) is 30.9. The molecule has 0 fully saturated rings. The number of phosphoric ester groups is 2. The third-order valence-electron chi connectivity index (χ3n) is 17.5. The van der Waals surface area contributed by atoms with E-state index in [9.17, 15) is 43.2 Å². The van der Waals surface area contributed by atoms with Crippen LogP contribution in [0, 0.1) is 11.8 Å². The highest BCUT2D eigenvalue weighted by atomic mass is 31.2. The van der Waals surface area contributed by atoms with Crippen LogP contribution in [0.2, 0.25) is 0 Å². The fraction of sp³-hybridized carbons (Fsp3) is 0.947. The smallest absolute Gasteiger partial charge is 0.462 e. The molecule has 3 N–H and O–H groups in total. The zero-order chi connectivity index (χ0) is 69.3. The summed E-state index contributed by atoms with van der Waals surface area (Å²) in [6.07, 6.45) is 54.1. The van der Waals surface area contributed by atoms with Crippen LogP contribution in [-0.2, 0) is 65.4 Å². The molecule has 0 aliphatic carbocycles. The first-order chi connectivity index (χ1) is 45.4. The lowest BCUT2D eigenvalue weighted by Crippen LogP contribution is -2.30. The Labute approximate surface area is 575 Å². The van der Waals surface area contributed by atoms with Crippen molar-refractivity contribution in [1.82, 2.24) is 0 Å². The first-order valence-electron chi connectivity index (χ1n) is 39.0. The van der Waals surface area contributed by atoms with Gasteiger partial charge in [0.1, 0.15) is 19.3 Å². The van der Waals surface area contributed by atoms with Gasteiger partial charge in [-0.05, 0) is 37.5 Å². The van der Waals surface area contributed by atoms with Gasteiger partial charge < -0.3 is 33.8 Å². The molecule has 2 unspecified atom stereocenters. The van der Waals surface area contributed by atoms with E-state index in [2.05, 4.69) is 41.5 Å². The highest BCUT2D eigenvalue weighted by Gasteiger charge is 2.30. The Morgan fingerprint density at radius 3 is 0.723 bits per heavy atom. The van der Waals surface area contributed by atoms with Crippen LogP contribution in [0.25, 0.3) is 0 Å². The monoisotopic (exact) mass is 1380 g/mol. The molecule has 0 aliphatic rings. The molecule has 0 amide bonds. The fourth-order valence-corrected chi connectivity index (χ4v) is 13.1. The van der Waals surface area contributed by atoms with Gasteiger partial charge >= 0.3 is 39.5 Å². The van der Waals surface area contributed by atoms with Crippen LogP contribution in [-0.4, -0.2) is 96.7 Å². The Morgan fingerprint density at radius 2 is 0.489 bits per heavy atom. The number of hydrogen-bond donors (Lipinski definition) is 3. The van der Waals surface area contributed by atoms with Gasteiger partial charge in [0.2, 0.25) is 0 Å². The van der Waals surface area contributed by atoms with E-state index >= 15 is 0 Å². The quantitative estimate of drug-likeness (QED) is 0.0222. The van der Waals surface area contributed by atoms with Crippen molar-refractivity contribution in [3.8, 4) is 0 Å². The van der Waals surface area contributed by atoms with E-state index in [-0.39, 0.29) is 25.7 Å². The summed E-state index contributed by atoms with van der Waals surface area (Å²) in [4.78, 5) is 72.7. The lowest BCUT2D eigenvalue weighted by Gasteiger charge is -2.21. The van der Waals surface area contributed by atoms with Gasteiger partial charge in [-0.25, -0.2) is 9.13 Å². The standard InChI is InChI=1S/C75H146O17P2/c1-7-9-11-13-15-17-34-41-47-53-59-74(79)91-70(63-85-72(77)57-51-45-39-31-16-14-12-10-8-2)65-89-93(81,82)87-61-69(76)62-88-94(83,84)90-66-71(64-86-73(78)58-52-46-40-35-29-26-22-24-28-33-38-44-50-56-68(5)6)92-75(80)60-54-48-42-36-30-25-21-19-18-20-23-27-32-37-43-49-55-67(3)4/h67-71,76H,7-66H2,1-6H3,(H,81,82)(H,83,84)/t69-,70+,71+/m0/s1. The van der Waals surface area contributed by atoms with Crippen molar-refractivity contribution in [2.45, 2.75) is 407 Å². The van der Waals surface area contributed by atoms with Crippen LogP contribution in [0.15, 0.2) is 0 Å². The molecule has 0 bridgehead atoms. The van der Waals surface area contributed by atoms with Gasteiger partial charge in [-0.2, -0.15) is 0 Å². The van der Waals surface area contributed by atoms with E-state index in [1.165, 1.54) is 205 Å². The summed E-state index contributed by atoms with van der Waals surface area (Å²) in [5, 5.41) is 10.6. The maximum absolute atomic E-state index is 13.1. The van der Waals surface area contributed by atoms with E-state index < -0.39 is 97.5 Å². The number of rotatable bonds is 74. The molecule has 5 atom stereocenters. The molecule has 0 saturated heterocycles. The molecule has 19 heteroatoms. The van der Waals surface area contributed by atoms with Crippen molar-refractivity contribution in [1.29, 1.82) is 0 Å². The normalized spacial score (nSPS) is 14.0. The maximum atomic E-state index is 13.1. The summed E-state index contributed by atoms with van der Waals surface area (Å²) >= 11 is 0. The second kappa shape index (κ2) is 66.9. The number of esters is 4. The van der Waals surface area contributed by atoms with E-state index in [4.69, 9.17) is 37.0 Å². The minimum Gasteiger partial charge on any atom is -0.462 e. The summed E-state index contributed by atoms with van der Waals surface area (Å²) in [5.74, 6) is -0.517. The molecule has 0 aromatic heterocycles. The Morgan fingerprint density at radius 1 is 0.287 bits per heavy atom. The molecular weight excluding hydrogens is 1230 g/mol. The van der Waals surface area contributed by atoms with Gasteiger partial charge in [-0.3, -0.25) is 37.3 Å². The Bertz CT molecular complexity index is 1820. The SMILES string of the molecule is CCCCCCCCCCCCC(=O)O[C@H](COC(=O)CCCCCCCCCCC)COP(=O)(O)OC[C@H](O)COP(=O)(O)OC[C@@H](COC(=O)CCCCCCCCCCCCCCCC(C)C)OC(=O)CCCCCCCCCCCCCCCCCCC(C)C. The molecule has 17 nitrogen and oxygen atoms in total. The largest absolute Gasteiger partial charge is 0.472 e. The van der Waals surface area contributed by atoms with Crippen LogP contribution in [0.5, 0.6) is 0 Å². The number of ether oxygens (including phenoxy) is 4. The predicted octanol–water partition coefficient (Wildman–Crippen LogP) is 21.9. The summed E-state index contributed by atoms with van der Waals surface area (Å²) in [6, 6.07) is 0. The van der Waals surface area contributed by atoms with Gasteiger partial charge in [0.15, 0.2) is 12.2 Å². The van der Waals surface area contributed by atoms with E-state index in [0.717, 1.165) is 102 Å². The molecule has 0 radical (unpaired) electrons. The number of aliphatic hydroxyl groups excluding tert-OH is 1. The lowest BCUT2D eigenvalue weighted by molar-refractivity contribution is -0.161. The zero-order valence-corrected chi connectivity index (χ0v) is 63.1. The molecule has 0 aliphatic heterocycles. The summed E-state index contributed by atoms with van der Waals surface area (Å²) in [5.41, 5.74) is 0. The Kier molecular flexibility index (Phi) is 65.5. The highest BCUT2D eigenvalue weighted by molar-refractivity contribution is 7.47. The molecule has 0 heterocycles. The number of carbonyl (C=O) groups is 4. The molecule has 0 aromatic carbocycles. The van der Waals surface area contributed by atoms with Gasteiger partial charge in [-0.15, -0.1) is 0 Å². The van der Waals surface area contributed by atoms with Crippen molar-refractivity contribution in [3.05, 3.63) is 0 Å². The fourth-order valence-electron chi connectivity index (χ4n) is 11.5. The van der Waals surface area contributed by atoms with E-state index in [0.29, 0.717) is 25.7 Å². The van der Waals surface area contributed by atoms with E-state index in [1.807, 2.05) is 0 Å². The summed E-state index contributed by atoms with van der Waals surface area (Å²) in [7, 11) is -9.90. The van der Waals surface area contributed by atoms with Crippen LogP contribution in [0.3, 0.4) is 0 Å². The van der Waals surface area contributed by atoms with Crippen molar-refractivity contribution in [2.24, 2.45) is 11.8 Å². The molecule has 0 saturated carbocycles. The molecule has 0 rings (SSSR count). The molecule has 0 spiro atoms. The van der Waals surface area contributed by atoms with Gasteiger partial charge in [0.05, 0.1) is 26.4 Å². The topological polar surface area (TPSA) is 237 Å². The predicted molar refractivity (Wildman–Crippen MR) is 381 cm³/mol. The number of hydrogen-bond acceptors (Lipinski definition) is 15. The number of aliphatic hydroxyl groups is 1. The average molecular weight is 1380 g/mol. The summed E-state index contributed by atoms with van der Waals surface area (Å²) in [6.45, 7) is 9.61. The first-order valence-corrected chi connectivity index (χ1v) is 42.0. The zero-order valence-electron chi connectivity index (χ0n) is 61.3. The van der Waals surface area contributed by atoms with Gasteiger partial charge in [-0.1, -0.05) is 337 Å². The number of phosphoric acid groups is 2. The van der Waals surface area contributed by atoms with Crippen molar-refractivity contribution in [3.63, 3.8) is 0 Å². The minimum atomic E-state index is -4.96. The van der Waals surface area contributed by atoms with Crippen LogP contribution >= 0.6 is 15.6 Å². The lowest BCUT2D eigenvalue weighted by atomic mass is 10.0. The number of carbonyl (C=O) groups excluding carboxylic acids is 4. The molecular formula is C75H146O17P2. The Hall–Kier alpha value is -1.94. The van der Waals surface area contributed by atoms with Gasteiger partial charge in [0.25, 0.3) is 0 Å².